The topological polar surface area (TPSA) is 56.3 Å². The Hall–Kier alpha value is -1.66. The van der Waals surface area contributed by atoms with Gasteiger partial charge in [0.1, 0.15) is 12.4 Å². The highest BCUT2D eigenvalue weighted by molar-refractivity contribution is 7.09. The maximum absolute atomic E-state index is 5.56. The third-order valence-electron chi connectivity index (χ3n) is 2.16. The maximum Gasteiger partial charge on any atom is 0.202 e. The lowest BCUT2D eigenvalue weighted by atomic mass is 10.3. The molecule has 0 radical (unpaired) electrons. The molecule has 0 aliphatic rings. The van der Waals surface area contributed by atoms with Crippen LogP contribution in [0.15, 0.2) is 30.3 Å². The Balaban J connectivity index is 1.80. The first-order valence-corrected chi connectivity index (χ1v) is 6.39. The number of anilines is 1. The zero-order chi connectivity index (χ0) is 12.6. The van der Waals surface area contributed by atoms with Crippen LogP contribution < -0.4 is 10.1 Å². The summed E-state index contributed by atoms with van der Waals surface area (Å²) in [7, 11) is 1.67. The minimum Gasteiger partial charge on any atom is -0.486 e. The number of para-hydroxylation sites is 1. The maximum atomic E-state index is 5.56. The van der Waals surface area contributed by atoms with E-state index in [1.165, 1.54) is 11.5 Å². The molecule has 5 nitrogen and oxygen atoms in total. The summed E-state index contributed by atoms with van der Waals surface area (Å²) in [5, 5.41) is 3.92. The van der Waals surface area contributed by atoms with E-state index < -0.39 is 0 Å². The number of nitrogens with one attached hydrogen (secondary N) is 1. The summed E-state index contributed by atoms with van der Waals surface area (Å²) < 4.78 is 14.7. The number of hydrogen-bond donors (Lipinski definition) is 1. The van der Waals surface area contributed by atoms with E-state index >= 15 is 0 Å². The van der Waals surface area contributed by atoms with E-state index in [1.54, 1.807) is 7.11 Å². The number of rotatable bonds is 7. The molecule has 1 N–H and O–H groups in total. The van der Waals surface area contributed by atoms with Crippen LogP contribution in [0.2, 0.25) is 0 Å². The number of methoxy groups -OCH3 is 1. The van der Waals surface area contributed by atoms with E-state index in [1.807, 2.05) is 30.3 Å². The van der Waals surface area contributed by atoms with Crippen LogP contribution in [-0.2, 0) is 11.3 Å². The molecule has 1 heterocycles. The van der Waals surface area contributed by atoms with E-state index in [0.29, 0.717) is 19.0 Å². The summed E-state index contributed by atoms with van der Waals surface area (Å²) in [6.07, 6.45) is 0. The second kappa shape index (κ2) is 6.93. The molecule has 2 aromatic rings. The molecular weight excluding hydrogens is 250 g/mol. The van der Waals surface area contributed by atoms with Crippen LogP contribution in [-0.4, -0.2) is 29.6 Å². The normalized spacial score (nSPS) is 10.3. The molecule has 18 heavy (non-hydrogen) atoms. The van der Waals surface area contributed by atoms with Gasteiger partial charge in [-0.15, -0.1) is 0 Å². The quantitative estimate of drug-likeness (QED) is 0.778. The second-order valence-corrected chi connectivity index (χ2v) is 4.29. The molecular formula is C12H15N3O2S. The monoisotopic (exact) mass is 265 g/mol. The highest BCUT2D eigenvalue weighted by Crippen LogP contribution is 2.14. The summed E-state index contributed by atoms with van der Waals surface area (Å²) in [6.45, 7) is 1.76. The summed E-state index contributed by atoms with van der Waals surface area (Å²) in [6, 6.07) is 9.63. The minimum atomic E-state index is 0.381. The minimum absolute atomic E-state index is 0.381. The van der Waals surface area contributed by atoms with Gasteiger partial charge in [0.25, 0.3) is 0 Å². The Morgan fingerprint density at radius 1 is 1.28 bits per heavy atom. The summed E-state index contributed by atoms with van der Waals surface area (Å²) in [5.41, 5.74) is 0. The lowest BCUT2D eigenvalue weighted by Crippen LogP contribution is -2.07. The molecule has 0 saturated heterocycles. The average Bonchev–Trinajstić information content (AvgIpc) is 2.86. The van der Waals surface area contributed by atoms with Gasteiger partial charge in [-0.1, -0.05) is 18.2 Å². The summed E-state index contributed by atoms with van der Waals surface area (Å²) in [4.78, 5) is 4.31. The molecule has 0 aliphatic carbocycles. The van der Waals surface area contributed by atoms with Gasteiger partial charge in [0.15, 0.2) is 5.82 Å². The van der Waals surface area contributed by atoms with E-state index in [2.05, 4.69) is 14.7 Å². The van der Waals surface area contributed by atoms with Crippen LogP contribution in [0.3, 0.4) is 0 Å². The lowest BCUT2D eigenvalue weighted by Gasteiger charge is -2.02. The Morgan fingerprint density at radius 2 is 2.11 bits per heavy atom. The fourth-order valence-electron chi connectivity index (χ4n) is 1.31. The highest BCUT2D eigenvalue weighted by Gasteiger charge is 2.04. The average molecular weight is 265 g/mol. The molecule has 0 saturated carbocycles. The van der Waals surface area contributed by atoms with Crippen molar-refractivity contribution in [3.8, 4) is 5.75 Å². The first-order chi connectivity index (χ1) is 8.88. The fraction of sp³-hybridized carbons (Fsp3) is 0.333. The van der Waals surface area contributed by atoms with E-state index in [9.17, 15) is 0 Å². The molecule has 0 aliphatic heterocycles. The molecule has 96 valence electrons. The Bertz CT molecular complexity index is 461. The van der Waals surface area contributed by atoms with Crippen molar-refractivity contribution in [1.29, 1.82) is 0 Å². The molecule has 1 aromatic heterocycles. The van der Waals surface area contributed by atoms with E-state index in [4.69, 9.17) is 9.47 Å². The number of ether oxygens (including phenoxy) is 2. The van der Waals surface area contributed by atoms with Crippen molar-refractivity contribution >= 4 is 16.7 Å². The van der Waals surface area contributed by atoms with Crippen LogP contribution in [0.25, 0.3) is 0 Å². The molecule has 0 spiro atoms. The van der Waals surface area contributed by atoms with Crippen molar-refractivity contribution in [3.05, 3.63) is 36.2 Å². The van der Waals surface area contributed by atoms with Crippen molar-refractivity contribution < 1.29 is 9.47 Å². The smallest absolute Gasteiger partial charge is 0.202 e. The van der Waals surface area contributed by atoms with Gasteiger partial charge in [0, 0.05) is 25.2 Å². The predicted molar refractivity (Wildman–Crippen MR) is 71.0 cm³/mol. The first-order valence-electron chi connectivity index (χ1n) is 5.62. The standard InChI is InChI=1S/C12H15N3O2S/c1-16-8-7-13-12-14-11(15-18-12)9-17-10-5-3-2-4-6-10/h2-6H,7-9H2,1H3,(H,13,14,15). The van der Waals surface area contributed by atoms with E-state index in [0.717, 1.165) is 17.4 Å². The summed E-state index contributed by atoms with van der Waals surface area (Å²) >= 11 is 1.33. The van der Waals surface area contributed by atoms with Gasteiger partial charge in [-0.25, -0.2) is 0 Å². The van der Waals surface area contributed by atoms with Crippen molar-refractivity contribution in [2.24, 2.45) is 0 Å². The van der Waals surface area contributed by atoms with Crippen LogP contribution in [0.4, 0.5) is 5.13 Å². The van der Waals surface area contributed by atoms with Crippen molar-refractivity contribution in [3.63, 3.8) is 0 Å². The van der Waals surface area contributed by atoms with Crippen molar-refractivity contribution in [2.75, 3.05) is 25.6 Å². The SMILES string of the molecule is COCCNc1nc(COc2ccccc2)ns1. The Kier molecular flexibility index (Phi) is 4.92. The van der Waals surface area contributed by atoms with Crippen LogP contribution in [0.1, 0.15) is 5.82 Å². The third-order valence-corrected chi connectivity index (χ3v) is 2.87. The van der Waals surface area contributed by atoms with Crippen LogP contribution in [0.5, 0.6) is 5.75 Å². The molecule has 6 heteroatoms. The van der Waals surface area contributed by atoms with Crippen molar-refractivity contribution in [2.45, 2.75) is 6.61 Å². The number of aromatic nitrogens is 2. The van der Waals surface area contributed by atoms with E-state index in [-0.39, 0.29) is 0 Å². The van der Waals surface area contributed by atoms with Gasteiger partial charge >= 0.3 is 0 Å². The van der Waals surface area contributed by atoms with Gasteiger partial charge in [-0.3, -0.25) is 0 Å². The molecule has 0 amide bonds. The number of nitrogens with zero attached hydrogens (tertiary/aromatic N) is 2. The van der Waals surface area contributed by atoms with Crippen molar-refractivity contribution in [1.82, 2.24) is 9.36 Å². The molecule has 1 aromatic carbocycles. The largest absolute Gasteiger partial charge is 0.486 e. The highest BCUT2D eigenvalue weighted by atomic mass is 32.1. The zero-order valence-electron chi connectivity index (χ0n) is 10.1. The molecule has 0 fully saturated rings. The molecule has 2 rings (SSSR count). The Morgan fingerprint density at radius 3 is 2.89 bits per heavy atom. The number of benzene rings is 1. The lowest BCUT2D eigenvalue weighted by molar-refractivity contribution is 0.211. The second-order valence-electron chi connectivity index (χ2n) is 3.54. The zero-order valence-corrected chi connectivity index (χ0v) is 10.9. The third kappa shape index (κ3) is 3.97. The van der Waals surface area contributed by atoms with Crippen LogP contribution in [0, 0.1) is 0 Å². The summed E-state index contributed by atoms with van der Waals surface area (Å²) in [5.74, 6) is 1.50. The van der Waals surface area contributed by atoms with Crippen LogP contribution >= 0.6 is 11.5 Å². The van der Waals surface area contributed by atoms with Gasteiger partial charge in [0.2, 0.25) is 5.13 Å². The van der Waals surface area contributed by atoms with Gasteiger partial charge < -0.3 is 14.8 Å². The molecule has 0 unspecified atom stereocenters. The first kappa shape index (κ1) is 12.8. The Labute approximate surface area is 110 Å². The van der Waals surface area contributed by atoms with Gasteiger partial charge in [-0.05, 0) is 12.1 Å². The fourth-order valence-corrected chi connectivity index (χ4v) is 1.91. The predicted octanol–water partition coefficient (Wildman–Crippen LogP) is 2.18. The van der Waals surface area contributed by atoms with Gasteiger partial charge in [-0.2, -0.15) is 9.36 Å². The number of hydrogen-bond acceptors (Lipinski definition) is 6. The van der Waals surface area contributed by atoms with Gasteiger partial charge in [0.05, 0.1) is 6.61 Å². The molecule has 0 bridgehead atoms. The molecule has 0 atom stereocenters.